The summed E-state index contributed by atoms with van der Waals surface area (Å²) in [5.74, 6) is 3.31. The van der Waals surface area contributed by atoms with Crippen LogP contribution in [-0.2, 0) is 32.2 Å². The van der Waals surface area contributed by atoms with E-state index in [1.54, 1.807) is 21.3 Å². The molecule has 0 spiro atoms. The van der Waals surface area contributed by atoms with Crippen LogP contribution < -0.4 is 18.9 Å². The summed E-state index contributed by atoms with van der Waals surface area (Å²) in [6, 6.07) is 21.9. The summed E-state index contributed by atoms with van der Waals surface area (Å²) in [5, 5.41) is 9.11. The Morgan fingerprint density at radius 1 is 0.780 bits per heavy atom. The van der Waals surface area contributed by atoms with Gasteiger partial charge in [-0.25, -0.2) is 0 Å². The minimum absolute atomic E-state index is 0.112. The van der Waals surface area contributed by atoms with Crippen molar-refractivity contribution in [1.29, 1.82) is 0 Å². The lowest BCUT2D eigenvalue weighted by Crippen LogP contribution is -2.46. The summed E-state index contributed by atoms with van der Waals surface area (Å²) < 4.78 is 40.5. The second-order valence-corrected chi connectivity index (χ2v) is 12.5. The average Bonchev–Trinajstić information content (AvgIpc) is 3.15. The molecule has 1 unspecified atom stereocenters. The Hall–Kier alpha value is -3.83. The zero-order chi connectivity index (χ0) is 35.4. The van der Waals surface area contributed by atoms with Gasteiger partial charge in [-0.1, -0.05) is 36.8 Å². The van der Waals surface area contributed by atoms with Crippen molar-refractivity contribution in [1.82, 2.24) is 4.90 Å². The van der Waals surface area contributed by atoms with E-state index >= 15 is 0 Å². The largest absolute Gasteiger partial charge is 0.497 e. The van der Waals surface area contributed by atoms with Crippen molar-refractivity contribution >= 4 is 5.91 Å². The molecule has 3 aromatic carbocycles. The van der Waals surface area contributed by atoms with Gasteiger partial charge >= 0.3 is 0 Å². The van der Waals surface area contributed by atoms with Gasteiger partial charge in [0, 0.05) is 70.2 Å². The number of nitrogens with zero attached hydrogens (tertiary/aromatic N) is 1. The Morgan fingerprint density at radius 3 is 2.30 bits per heavy atom. The fraction of sp³-hybridized carbons (Fsp3) is 0.525. The predicted molar refractivity (Wildman–Crippen MR) is 192 cm³/mol. The fourth-order valence-electron chi connectivity index (χ4n) is 6.09. The lowest BCUT2D eigenvalue weighted by atomic mass is 9.86. The van der Waals surface area contributed by atoms with Crippen molar-refractivity contribution in [3.8, 4) is 23.0 Å². The second kappa shape index (κ2) is 22.1. The zero-order valence-corrected chi connectivity index (χ0v) is 30.0. The highest BCUT2D eigenvalue weighted by Gasteiger charge is 2.33. The fourth-order valence-corrected chi connectivity index (χ4v) is 6.09. The van der Waals surface area contributed by atoms with E-state index in [2.05, 4.69) is 12.1 Å². The third kappa shape index (κ3) is 12.8. The Labute approximate surface area is 297 Å². The van der Waals surface area contributed by atoms with E-state index in [1.807, 2.05) is 59.5 Å². The van der Waals surface area contributed by atoms with Crippen molar-refractivity contribution in [2.75, 3.05) is 67.5 Å². The first-order valence-corrected chi connectivity index (χ1v) is 17.8. The summed E-state index contributed by atoms with van der Waals surface area (Å²) >= 11 is 0. The second-order valence-electron chi connectivity index (χ2n) is 12.5. The van der Waals surface area contributed by atoms with E-state index in [4.69, 9.17) is 38.3 Å². The number of unbranched alkanes of at least 4 members (excludes halogenated alkanes) is 2. The molecular formula is C40H55NO9. The van der Waals surface area contributed by atoms with E-state index in [0.717, 1.165) is 72.5 Å². The number of aliphatic hydroxyl groups is 1. The molecule has 274 valence electrons. The Balaban J connectivity index is 1.34. The van der Waals surface area contributed by atoms with Gasteiger partial charge in [0.15, 0.2) is 0 Å². The van der Waals surface area contributed by atoms with Gasteiger partial charge in [0.1, 0.15) is 23.0 Å². The van der Waals surface area contributed by atoms with Crippen LogP contribution in [-0.4, -0.2) is 89.5 Å². The van der Waals surface area contributed by atoms with Gasteiger partial charge in [-0.2, -0.15) is 0 Å². The molecule has 1 N–H and O–H groups in total. The average molecular weight is 694 g/mol. The van der Waals surface area contributed by atoms with Crippen LogP contribution >= 0.6 is 0 Å². The first kappa shape index (κ1) is 39.0. The molecule has 4 rings (SSSR count). The van der Waals surface area contributed by atoms with Gasteiger partial charge in [0.2, 0.25) is 5.91 Å². The van der Waals surface area contributed by atoms with E-state index in [1.165, 1.54) is 0 Å². The number of methoxy groups -OCH3 is 3. The number of hydrogen-bond acceptors (Lipinski definition) is 9. The zero-order valence-electron chi connectivity index (χ0n) is 30.0. The number of benzene rings is 3. The number of aliphatic hydroxyl groups excluding tert-OH is 1. The maximum absolute atomic E-state index is 13.1. The van der Waals surface area contributed by atoms with Crippen molar-refractivity contribution < 1.29 is 43.1 Å². The molecule has 1 saturated heterocycles. The number of hydrogen-bond donors (Lipinski definition) is 1. The van der Waals surface area contributed by atoms with Crippen LogP contribution in [0.5, 0.6) is 23.0 Å². The molecule has 50 heavy (non-hydrogen) atoms. The smallest absolute Gasteiger partial charge is 0.222 e. The summed E-state index contributed by atoms with van der Waals surface area (Å²) in [7, 11) is 4.98. The molecule has 3 aromatic rings. The van der Waals surface area contributed by atoms with Crippen molar-refractivity contribution in [3.05, 3.63) is 83.4 Å². The monoisotopic (exact) mass is 693 g/mol. The molecule has 0 saturated carbocycles. The highest BCUT2D eigenvalue weighted by molar-refractivity contribution is 5.76. The molecule has 1 aliphatic rings. The first-order chi connectivity index (χ1) is 24.5. The molecule has 0 aromatic heterocycles. The number of amides is 1. The molecule has 2 atom stereocenters. The van der Waals surface area contributed by atoms with E-state index in [0.29, 0.717) is 64.9 Å². The van der Waals surface area contributed by atoms with E-state index < -0.39 is 0 Å². The number of carbonyl (C=O) groups is 1. The van der Waals surface area contributed by atoms with Crippen LogP contribution in [0.3, 0.4) is 0 Å². The normalized spacial score (nSPS) is 15.9. The van der Waals surface area contributed by atoms with Crippen LogP contribution in [0.25, 0.3) is 0 Å². The number of carbonyl (C=O) groups excluding carboxylic acids is 1. The van der Waals surface area contributed by atoms with Gasteiger partial charge in [-0.3, -0.25) is 4.79 Å². The maximum atomic E-state index is 13.1. The molecule has 0 radical (unpaired) electrons. The van der Waals surface area contributed by atoms with Crippen molar-refractivity contribution in [3.63, 3.8) is 0 Å². The van der Waals surface area contributed by atoms with Crippen molar-refractivity contribution in [2.45, 2.75) is 70.2 Å². The molecule has 0 aliphatic carbocycles. The maximum Gasteiger partial charge on any atom is 0.222 e. The summed E-state index contributed by atoms with van der Waals surface area (Å²) in [4.78, 5) is 15.1. The highest BCUT2D eigenvalue weighted by atomic mass is 16.5. The third-order valence-corrected chi connectivity index (χ3v) is 8.82. The Morgan fingerprint density at radius 2 is 1.54 bits per heavy atom. The van der Waals surface area contributed by atoms with Gasteiger partial charge in [-0.15, -0.1) is 0 Å². The van der Waals surface area contributed by atoms with E-state index in [-0.39, 0.29) is 24.5 Å². The number of piperidine rings is 1. The van der Waals surface area contributed by atoms with Gasteiger partial charge < -0.3 is 43.2 Å². The SMILES string of the molecule is COCCCOc1cc(COC2CN(C(=O)CCCCCO)CC[C@@H]2c2ccc(OCCCOCc3ccccc3OC)cc2)cc(OC)c1. The molecule has 10 nitrogen and oxygen atoms in total. The minimum atomic E-state index is -0.199. The molecule has 0 bridgehead atoms. The van der Waals surface area contributed by atoms with Crippen LogP contribution in [0, 0.1) is 0 Å². The molecule has 1 aliphatic heterocycles. The lowest BCUT2D eigenvalue weighted by Gasteiger charge is -2.39. The van der Waals surface area contributed by atoms with Crippen LogP contribution in [0.1, 0.15) is 67.6 Å². The Kier molecular flexibility index (Phi) is 17.2. The first-order valence-electron chi connectivity index (χ1n) is 17.8. The van der Waals surface area contributed by atoms with Gasteiger partial charge in [-0.05, 0) is 60.7 Å². The molecule has 10 heteroatoms. The number of likely N-dealkylation sites (tertiary alicyclic amines) is 1. The predicted octanol–water partition coefficient (Wildman–Crippen LogP) is 6.56. The van der Waals surface area contributed by atoms with Crippen LogP contribution in [0.4, 0.5) is 0 Å². The summed E-state index contributed by atoms with van der Waals surface area (Å²) in [5.41, 5.74) is 3.12. The van der Waals surface area contributed by atoms with Gasteiger partial charge in [0.25, 0.3) is 0 Å². The Bertz CT molecular complexity index is 1400. The summed E-state index contributed by atoms with van der Waals surface area (Å²) in [6.07, 6.45) is 4.97. The quantitative estimate of drug-likeness (QED) is 0.111. The van der Waals surface area contributed by atoms with Gasteiger partial charge in [0.05, 0.1) is 53.4 Å². The summed E-state index contributed by atoms with van der Waals surface area (Å²) in [6.45, 7) is 4.51. The highest BCUT2D eigenvalue weighted by Crippen LogP contribution is 2.33. The topological polar surface area (TPSA) is 105 Å². The number of ether oxygens (including phenoxy) is 7. The standard InChI is InChI=1S/C40H55NO9/c1-44-21-9-23-49-36-26-31(25-35(27-36)45-2)29-50-39-28-41(40(43)13-5-4-8-20-42)19-18-37(39)32-14-16-34(17-15-32)48-24-10-22-47-30-33-11-6-7-12-38(33)46-3/h6-7,11-12,14-17,25-27,37,39,42H,4-5,8-10,13,18-24,28-30H2,1-3H3/t37-,39?/m1/s1. The third-order valence-electron chi connectivity index (χ3n) is 8.82. The molecular weight excluding hydrogens is 638 g/mol. The number of rotatable bonds is 23. The molecule has 1 amide bonds. The van der Waals surface area contributed by atoms with Crippen molar-refractivity contribution in [2.24, 2.45) is 0 Å². The van der Waals surface area contributed by atoms with E-state index in [9.17, 15) is 4.79 Å². The van der Waals surface area contributed by atoms with Crippen LogP contribution in [0.15, 0.2) is 66.7 Å². The lowest BCUT2D eigenvalue weighted by molar-refractivity contribution is -0.136. The number of para-hydroxylation sites is 1. The van der Waals surface area contributed by atoms with Crippen LogP contribution in [0.2, 0.25) is 0 Å². The minimum Gasteiger partial charge on any atom is -0.497 e. The molecule has 1 heterocycles. The molecule has 1 fully saturated rings.